The minimum atomic E-state index is -4.52. The fourth-order valence-electron chi connectivity index (χ4n) is 1.67. The van der Waals surface area contributed by atoms with Gasteiger partial charge in [0.05, 0.1) is 0 Å². The third-order valence-corrected chi connectivity index (χ3v) is 2.76. The molecule has 2 rings (SSSR count). The van der Waals surface area contributed by atoms with E-state index < -0.39 is 11.9 Å². The van der Waals surface area contributed by atoms with Crippen LogP contribution in [-0.2, 0) is 11.0 Å². The highest BCUT2D eigenvalue weighted by molar-refractivity contribution is 5.91. The molecule has 0 aliphatic carbocycles. The summed E-state index contributed by atoms with van der Waals surface area (Å²) in [5.41, 5.74) is -0.244. The van der Waals surface area contributed by atoms with Crippen molar-refractivity contribution in [3.05, 3.63) is 54.1 Å². The highest BCUT2D eigenvalue weighted by Crippen LogP contribution is 2.27. The van der Waals surface area contributed by atoms with E-state index >= 15 is 0 Å². The number of carbonyl (C=O) groups excluding carboxylic acids is 1. The summed E-state index contributed by atoms with van der Waals surface area (Å²) in [5, 5.41) is 5.20. The first-order chi connectivity index (χ1) is 11.4. The van der Waals surface area contributed by atoms with Gasteiger partial charge in [0.2, 0.25) is 11.9 Å². The van der Waals surface area contributed by atoms with Crippen molar-refractivity contribution in [1.82, 2.24) is 20.3 Å². The Hall–Kier alpha value is -2.97. The maximum Gasteiger partial charge on any atom is 0.433 e. The topological polar surface area (TPSA) is 79.8 Å². The van der Waals surface area contributed by atoms with E-state index in [1.165, 1.54) is 6.08 Å². The van der Waals surface area contributed by atoms with Crippen LogP contribution in [-0.4, -0.2) is 33.9 Å². The van der Waals surface area contributed by atoms with Crippen LogP contribution >= 0.6 is 0 Å². The Morgan fingerprint density at radius 3 is 2.75 bits per heavy atom. The summed E-state index contributed by atoms with van der Waals surface area (Å²) in [5.74, 6) is -0.476. The number of halogens is 3. The van der Waals surface area contributed by atoms with Gasteiger partial charge in [-0.05, 0) is 23.8 Å². The van der Waals surface area contributed by atoms with Gasteiger partial charge in [0, 0.05) is 37.8 Å². The van der Waals surface area contributed by atoms with Gasteiger partial charge in [0.25, 0.3) is 0 Å². The van der Waals surface area contributed by atoms with Gasteiger partial charge in [-0.15, -0.1) is 0 Å². The molecule has 2 aromatic rings. The van der Waals surface area contributed by atoms with E-state index in [2.05, 4.69) is 25.6 Å². The van der Waals surface area contributed by atoms with Crippen molar-refractivity contribution < 1.29 is 18.0 Å². The summed E-state index contributed by atoms with van der Waals surface area (Å²) in [7, 11) is 0. The van der Waals surface area contributed by atoms with Crippen LogP contribution in [0.3, 0.4) is 0 Å². The molecule has 0 saturated carbocycles. The van der Waals surface area contributed by atoms with Crippen molar-refractivity contribution in [3.8, 4) is 0 Å². The number of carbonyl (C=O) groups is 1. The maximum absolute atomic E-state index is 12.5. The predicted molar refractivity (Wildman–Crippen MR) is 81.8 cm³/mol. The summed E-state index contributed by atoms with van der Waals surface area (Å²) in [6, 6.07) is 4.33. The first kappa shape index (κ1) is 17.4. The van der Waals surface area contributed by atoms with Gasteiger partial charge in [-0.3, -0.25) is 9.78 Å². The molecule has 0 aromatic carbocycles. The molecule has 1 amide bonds. The first-order valence-electron chi connectivity index (χ1n) is 6.95. The Morgan fingerprint density at radius 1 is 1.21 bits per heavy atom. The van der Waals surface area contributed by atoms with Gasteiger partial charge in [0.1, 0.15) is 5.69 Å². The monoisotopic (exact) mass is 337 g/mol. The van der Waals surface area contributed by atoms with E-state index in [4.69, 9.17) is 0 Å². The van der Waals surface area contributed by atoms with E-state index in [9.17, 15) is 18.0 Å². The molecule has 2 N–H and O–H groups in total. The predicted octanol–water partition coefficient (Wildman–Crippen LogP) is 2.13. The Kier molecular flexibility index (Phi) is 5.83. The largest absolute Gasteiger partial charge is 0.433 e. The summed E-state index contributed by atoms with van der Waals surface area (Å²) in [6.45, 7) is 0.392. The van der Waals surface area contributed by atoms with E-state index in [0.717, 1.165) is 17.8 Å². The lowest BCUT2D eigenvalue weighted by atomic mass is 10.2. The molecule has 6 nitrogen and oxygen atoms in total. The lowest BCUT2D eigenvalue weighted by Gasteiger charge is -2.08. The fraction of sp³-hybridized carbons (Fsp3) is 0.200. The zero-order valence-corrected chi connectivity index (χ0v) is 12.4. The Labute approximate surface area is 135 Å². The van der Waals surface area contributed by atoms with Crippen molar-refractivity contribution >= 4 is 17.9 Å². The standard InChI is InChI=1S/C15H14F3N5O/c16-15(17,18)12-5-7-21-14(23-12)22-9-8-20-13(24)4-3-11-2-1-6-19-10-11/h1-7,10H,8-9H2,(H,20,24)(H,21,22,23). The van der Waals surface area contributed by atoms with Crippen LogP contribution < -0.4 is 10.6 Å². The second-order valence-electron chi connectivity index (χ2n) is 4.60. The molecule has 9 heteroatoms. The summed E-state index contributed by atoms with van der Waals surface area (Å²) in [6.07, 6.45) is 2.68. The number of pyridine rings is 1. The molecule has 0 fully saturated rings. The molecule has 24 heavy (non-hydrogen) atoms. The molecule has 126 valence electrons. The smallest absolute Gasteiger partial charge is 0.352 e. The first-order valence-corrected chi connectivity index (χ1v) is 6.95. The van der Waals surface area contributed by atoms with Gasteiger partial charge in [-0.2, -0.15) is 13.2 Å². The molecular formula is C15H14F3N5O. The van der Waals surface area contributed by atoms with Crippen LogP contribution in [0.2, 0.25) is 0 Å². The highest BCUT2D eigenvalue weighted by atomic mass is 19.4. The number of nitrogens with zero attached hydrogens (tertiary/aromatic N) is 3. The summed E-state index contributed by atoms with van der Waals surface area (Å²) < 4.78 is 37.5. The number of hydrogen-bond donors (Lipinski definition) is 2. The molecule has 2 heterocycles. The van der Waals surface area contributed by atoms with Crippen LogP contribution in [0.25, 0.3) is 6.08 Å². The SMILES string of the molecule is O=C(C=Cc1cccnc1)NCCNc1nccc(C(F)(F)F)n1. The van der Waals surface area contributed by atoms with Crippen molar-refractivity contribution in [3.63, 3.8) is 0 Å². The fourth-order valence-corrected chi connectivity index (χ4v) is 1.67. The molecular weight excluding hydrogens is 323 g/mol. The Bertz CT molecular complexity index is 704. The third kappa shape index (κ3) is 5.67. The van der Waals surface area contributed by atoms with Crippen molar-refractivity contribution in [2.24, 2.45) is 0 Å². The second-order valence-corrected chi connectivity index (χ2v) is 4.60. The molecule has 0 spiro atoms. The van der Waals surface area contributed by atoms with E-state index in [1.807, 2.05) is 0 Å². The van der Waals surface area contributed by atoms with Gasteiger partial charge in [-0.1, -0.05) is 6.07 Å². The zero-order valence-electron chi connectivity index (χ0n) is 12.4. The number of rotatable bonds is 6. The molecule has 2 aromatic heterocycles. The molecule has 0 radical (unpaired) electrons. The summed E-state index contributed by atoms with van der Waals surface area (Å²) >= 11 is 0. The molecule has 0 aliphatic rings. The number of anilines is 1. The zero-order chi connectivity index (χ0) is 17.4. The van der Waals surface area contributed by atoms with Crippen LogP contribution in [0.1, 0.15) is 11.3 Å². The number of alkyl halides is 3. The van der Waals surface area contributed by atoms with E-state index in [-0.39, 0.29) is 24.9 Å². The number of hydrogen-bond acceptors (Lipinski definition) is 5. The normalized spacial score (nSPS) is 11.5. The number of amides is 1. The lowest BCUT2D eigenvalue weighted by molar-refractivity contribution is -0.141. The molecule has 0 saturated heterocycles. The Balaban J connectivity index is 1.75. The second kappa shape index (κ2) is 8.04. The average Bonchev–Trinajstić information content (AvgIpc) is 2.57. The van der Waals surface area contributed by atoms with Crippen molar-refractivity contribution in [1.29, 1.82) is 0 Å². The van der Waals surface area contributed by atoms with E-state index in [0.29, 0.717) is 0 Å². The van der Waals surface area contributed by atoms with Crippen LogP contribution in [0.15, 0.2) is 42.9 Å². The van der Waals surface area contributed by atoms with Gasteiger partial charge < -0.3 is 10.6 Å². The third-order valence-electron chi connectivity index (χ3n) is 2.76. The average molecular weight is 337 g/mol. The minimum Gasteiger partial charge on any atom is -0.352 e. The van der Waals surface area contributed by atoms with Crippen LogP contribution in [0.5, 0.6) is 0 Å². The van der Waals surface area contributed by atoms with Gasteiger partial charge >= 0.3 is 6.18 Å². The summed E-state index contributed by atoms with van der Waals surface area (Å²) in [4.78, 5) is 22.5. The molecule has 0 aliphatic heterocycles. The number of nitrogens with one attached hydrogen (secondary N) is 2. The molecule has 0 atom stereocenters. The van der Waals surface area contributed by atoms with Crippen LogP contribution in [0, 0.1) is 0 Å². The Morgan fingerprint density at radius 2 is 2.04 bits per heavy atom. The highest BCUT2D eigenvalue weighted by Gasteiger charge is 2.32. The molecule has 0 unspecified atom stereocenters. The van der Waals surface area contributed by atoms with Crippen molar-refractivity contribution in [2.75, 3.05) is 18.4 Å². The van der Waals surface area contributed by atoms with E-state index in [1.54, 1.807) is 30.6 Å². The molecule has 0 bridgehead atoms. The number of aromatic nitrogens is 3. The quantitative estimate of drug-likeness (QED) is 0.624. The van der Waals surface area contributed by atoms with Gasteiger partial charge in [0.15, 0.2) is 0 Å². The minimum absolute atomic E-state index is 0.148. The van der Waals surface area contributed by atoms with Gasteiger partial charge in [-0.25, -0.2) is 9.97 Å². The maximum atomic E-state index is 12.5. The van der Waals surface area contributed by atoms with Crippen LogP contribution in [0.4, 0.5) is 19.1 Å². The lowest BCUT2D eigenvalue weighted by Crippen LogP contribution is -2.27. The van der Waals surface area contributed by atoms with Crippen molar-refractivity contribution in [2.45, 2.75) is 6.18 Å².